The second kappa shape index (κ2) is 5.71. The van der Waals surface area contributed by atoms with E-state index in [0.29, 0.717) is 18.6 Å². The number of carboxylic acids is 1. The third-order valence-electron chi connectivity index (χ3n) is 4.13. The second-order valence-corrected chi connectivity index (χ2v) is 5.65. The summed E-state index contributed by atoms with van der Waals surface area (Å²) in [6, 6.07) is 5.31. The third-order valence-corrected chi connectivity index (χ3v) is 4.13. The van der Waals surface area contributed by atoms with Crippen molar-refractivity contribution in [1.29, 1.82) is 0 Å². The van der Waals surface area contributed by atoms with Crippen LogP contribution in [0.3, 0.4) is 0 Å². The lowest BCUT2D eigenvalue weighted by atomic mass is 9.80. The largest absolute Gasteiger partial charge is 0.504 e. The van der Waals surface area contributed by atoms with Crippen molar-refractivity contribution in [2.24, 2.45) is 5.41 Å². The molecule has 1 saturated heterocycles. The van der Waals surface area contributed by atoms with Crippen molar-refractivity contribution < 1.29 is 19.7 Å². The molecule has 0 aliphatic carbocycles. The molecule has 1 aliphatic rings. The summed E-state index contributed by atoms with van der Waals surface area (Å²) >= 11 is 0. The predicted octanol–water partition coefficient (Wildman–Crippen LogP) is 2.09. The highest BCUT2D eigenvalue weighted by molar-refractivity contribution is 5.74. The lowest BCUT2D eigenvalue weighted by Crippen LogP contribution is -2.42. The number of aromatic hydroxyl groups is 1. The van der Waals surface area contributed by atoms with E-state index >= 15 is 0 Å². The molecule has 0 saturated carbocycles. The zero-order valence-corrected chi connectivity index (χ0v) is 11.9. The lowest BCUT2D eigenvalue weighted by molar-refractivity contribution is -0.150. The highest BCUT2D eigenvalue weighted by atomic mass is 16.5. The van der Waals surface area contributed by atoms with Gasteiger partial charge in [0.15, 0.2) is 11.5 Å². The Bertz CT molecular complexity index is 493. The molecule has 1 heterocycles. The SMILES string of the molecule is COc1cc(CN2CCC(C)(C(=O)O)CC2)ccc1O. The van der Waals surface area contributed by atoms with E-state index in [4.69, 9.17) is 4.74 Å². The van der Waals surface area contributed by atoms with E-state index in [-0.39, 0.29) is 5.75 Å². The van der Waals surface area contributed by atoms with Crippen LogP contribution in [0.1, 0.15) is 25.3 Å². The molecular weight excluding hydrogens is 258 g/mol. The predicted molar refractivity (Wildman–Crippen MR) is 74.9 cm³/mol. The molecule has 0 unspecified atom stereocenters. The molecule has 0 amide bonds. The van der Waals surface area contributed by atoms with Gasteiger partial charge in [0.25, 0.3) is 0 Å². The number of hydrogen-bond donors (Lipinski definition) is 2. The van der Waals surface area contributed by atoms with Crippen molar-refractivity contribution in [3.05, 3.63) is 23.8 Å². The number of rotatable bonds is 4. The van der Waals surface area contributed by atoms with Gasteiger partial charge >= 0.3 is 5.97 Å². The Kier molecular flexibility index (Phi) is 4.18. The van der Waals surface area contributed by atoms with Gasteiger partial charge in [0.1, 0.15) is 0 Å². The van der Waals surface area contributed by atoms with Crippen molar-refractivity contribution in [2.75, 3.05) is 20.2 Å². The van der Waals surface area contributed by atoms with Crippen LogP contribution in [-0.2, 0) is 11.3 Å². The summed E-state index contributed by atoms with van der Waals surface area (Å²) in [6.07, 6.45) is 1.33. The minimum absolute atomic E-state index is 0.133. The minimum Gasteiger partial charge on any atom is -0.504 e. The van der Waals surface area contributed by atoms with E-state index < -0.39 is 11.4 Å². The monoisotopic (exact) mass is 279 g/mol. The van der Waals surface area contributed by atoms with Gasteiger partial charge in [0, 0.05) is 6.54 Å². The number of methoxy groups -OCH3 is 1. The fourth-order valence-corrected chi connectivity index (χ4v) is 2.50. The molecule has 0 radical (unpaired) electrons. The van der Waals surface area contributed by atoms with E-state index in [1.807, 2.05) is 19.1 Å². The molecule has 2 N–H and O–H groups in total. The fraction of sp³-hybridized carbons (Fsp3) is 0.533. The third kappa shape index (κ3) is 3.04. The first-order valence-corrected chi connectivity index (χ1v) is 6.76. The summed E-state index contributed by atoms with van der Waals surface area (Å²) in [5, 5.41) is 18.8. The van der Waals surface area contributed by atoms with Crippen LogP contribution in [0.5, 0.6) is 11.5 Å². The number of ether oxygens (including phenoxy) is 1. The van der Waals surface area contributed by atoms with Crippen LogP contribution < -0.4 is 4.74 Å². The molecule has 0 atom stereocenters. The Balaban J connectivity index is 1.97. The summed E-state index contributed by atoms with van der Waals surface area (Å²) in [5.41, 5.74) is 0.460. The van der Waals surface area contributed by atoms with E-state index in [2.05, 4.69) is 4.90 Å². The smallest absolute Gasteiger partial charge is 0.309 e. The van der Waals surface area contributed by atoms with Crippen LogP contribution in [0.2, 0.25) is 0 Å². The number of nitrogens with zero attached hydrogens (tertiary/aromatic N) is 1. The molecule has 5 nitrogen and oxygen atoms in total. The maximum absolute atomic E-state index is 11.2. The van der Waals surface area contributed by atoms with Gasteiger partial charge in [-0.25, -0.2) is 0 Å². The average Bonchev–Trinajstić information content (AvgIpc) is 2.43. The number of piperidine rings is 1. The summed E-state index contributed by atoms with van der Waals surface area (Å²) in [4.78, 5) is 13.4. The quantitative estimate of drug-likeness (QED) is 0.883. The zero-order chi connectivity index (χ0) is 14.8. The van der Waals surface area contributed by atoms with Crippen LogP contribution in [0, 0.1) is 5.41 Å². The molecule has 2 rings (SSSR count). The van der Waals surface area contributed by atoms with Crippen molar-refractivity contribution in [1.82, 2.24) is 4.90 Å². The maximum atomic E-state index is 11.2. The topological polar surface area (TPSA) is 70.0 Å². The van der Waals surface area contributed by atoms with Gasteiger partial charge in [-0.1, -0.05) is 6.07 Å². The number of carboxylic acid groups (broad SMARTS) is 1. The number of hydrogen-bond acceptors (Lipinski definition) is 4. The van der Waals surface area contributed by atoms with E-state index in [0.717, 1.165) is 25.2 Å². The number of carbonyl (C=O) groups is 1. The van der Waals surface area contributed by atoms with E-state index in [1.165, 1.54) is 7.11 Å². The van der Waals surface area contributed by atoms with Crippen LogP contribution in [0.25, 0.3) is 0 Å². The Morgan fingerprint density at radius 3 is 2.60 bits per heavy atom. The Morgan fingerprint density at radius 2 is 2.05 bits per heavy atom. The summed E-state index contributed by atoms with van der Waals surface area (Å²) < 4.78 is 5.09. The molecule has 1 aromatic rings. The molecule has 110 valence electrons. The molecule has 20 heavy (non-hydrogen) atoms. The van der Waals surface area contributed by atoms with Crippen molar-refractivity contribution in [3.63, 3.8) is 0 Å². The van der Waals surface area contributed by atoms with Gasteiger partial charge in [-0.3, -0.25) is 9.69 Å². The van der Waals surface area contributed by atoms with Gasteiger partial charge in [0.2, 0.25) is 0 Å². The van der Waals surface area contributed by atoms with Crippen molar-refractivity contribution in [2.45, 2.75) is 26.3 Å². The molecule has 0 aromatic heterocycles. The summed E-state index contributed by atoms with van der Waals surface area (Å²) in [6.45, 7) is 4.10. The average molecular weight is 279 g/mol. The van der Waals surface area contributed by atoms with E-state index in [1.54, 1.807) is 6.07 Å². The normalized spacial score (nSPS) is 18.7. The Morgan fingerprint density at radius 1 is 1.40 bits per heavy atom. The highest BCUT2D eigenvalue weighted by Crippen LogP contribution is 2.32. The Labute approximate surface area is 118 Å². The fourth-order valence-electron chi connectivity index (χ4n) is 2.50. The molecule has 1 aliphatic heterocycles. The van der Waals surface area contributed by atoms with Gasteiger partial charge in [-0.05, 0) is 50.6 Å². The number of aliphatic carboxylic acids is 1. The molecule has 1 fully saturated rings. The molecule has 0 spiro atoms. The molecule has 5 heteroatoms. The Hall–Kier alpha value is -1.75. The first-order chi connectivity index (χ1) is 9.44. The van der Waals surface area contributed by atoms with Crippen LogP contribution in [-0.4, -0.2) is 41.3 Å². The number of benzene rings is 1. The molecular formula is C15H21NO4. The van der Waals surface area contributed by atoms with Crippen LogP contribution >= 0.6 is 0 Å². The summed E-state index contributed by atoms with van der Waals surface area (Å²) in [5.74, 6) is -0.105. The van der Waals surface area contributed by atoms with Gasteiger partial charge in [-0.2, -0.15) is 0 Å². The van der Waals surface area contributed by atoms with Crippen LogP contribution in [0.4, 0.5) is 0 Å². The van der Waals surface area contributed by atoms with Crippen molar-refractivity contribution in [3.8, 4) is 11.5 Å². The molecule has 0 bridgehead atoms. The first kappa shape index (κ1) is 14.7. The zero-order valence-electron chi connectivity index (χ0n) is 11.9. The second-order valence-electron chi connectivity index (χ2n) is 5.65. The van der Waals surface area contributed by atoms with Gasteiger partial charge in [-0.15, -0.1) is 0 Å². The van der Waals surface area contributed by atoms with Gasteiger partial charge < -0.3 is 14.9 Å². The van der Waals surface area contributed by atoms with Crippen LogP contribution in [0.15, 0.2) is 18.2 Å². The lowest BCUT2D eigenvalue weighted by Gasteiger charge is -2.36. The summed E-state index contributed by atoms with van der Waals surface area (Å²) in [7, 11) is 1.53. The highest BCUT2D eigenvalue weighted by Gasteiger charge is 2.36. The first-order valence-electron chi connectivity index (χ1n) is 6.76. The van der Waals surface area contributed by atoms with E-state index in [9.17, 15) is 15.0 Å². The molecule has 1 aromatic carbocycles. The standard InChI is InChI=1S/C15H21NO4/c1-15(14(18)19)5-7-16(8-6-15)10-11-3-4-12(17)13(9-11)20-2/h3-4,9,17H,5-8,10H2,1-2H3,(H,18,19). The maximum Gasteiger partial charge on any atom is 0.309 e. The van der Waals surface area contributed by atoms with Gasteiger partial charge in [0.05, 0.1) is 12.5 Å². The van der Waals surface area contributed by atoms with Crippen molar-refractivity contribution >= 4 is 5.97 Å². The number of likely N-dealkylation sites (tertiary alicyclic amines) is 1. The number of phenolic OH excluding ortho intramolecular Hbond substituents is 1. The minimum atomic E-state index is -0.705. The number of phenols is 1.